The van der Waals surface area contributed by atoms with Gasteiger partial charge in [0.1, 0.15) is 6.33 Å². The second-order valence-electron chi connectivity index (χ2n) is 6.52. The number of hydrogen-bond donors (Lipinski definition) is 1. The van der Waals surface area contributed by atoms with Crippen molar-refractivity contribution in [1.82, 2.24) is 19.6 Å². The molecule has 124 valence electrons. The van der Waals surface area contributed by atoms with E-state index >= 15 is 0 Å². The number of hydrogen-bond acceptors (Lipinski definition) is 5. The minimum atomic E-state index is 0.211. The Balaban J connectivity index is 1.95. The fourth-order valence-corrected chi connectivity index (χ4v) is 3.75. The van der Waals surface area contributed by atoms with Crippen molar-refractivity contribution in [3.63, 3.8) is 0 Å². The highest BCUT2D eigenvalue weighted by Crippen LogP contribution is 2.39. The van der Waals surface area contributed by atoms with Crippen molar-refractivity contribution < 1.29 is 4.74 Å². The molecule has 2 unspecified atom stereocenters. The highest BCUT2D eigenvalue weighted by atomic mass is 16.5. The fraction of sp³-hybridized carbons (Fsp3) is 0.389. The van der Waals surface area contributed by atoms with Gasteiger partial charge in [0.2, 0.25) is 5.95 Å². The number of ether oxygens (including phenoxy) is 1. The van der Waals surface area contributed by atoms with Crippen molar-refractivity contribution >= 4 is 11.6 Å². The standard InChI is InChI=1S/C18H21N5O/c1-11-8-14(9-12(2)24-11)15-16(13-6-4-3-5-7-13)22-18(19)23-17(15)20-10-21-23/h3-7,10-12,14H,8-9H2,1-2H3,(H2,19,22). The molecule has 0 radical (unpaired) electrons. The van der Waals surface area contributed by atoms with Crippen LogP contribution in [-0.2, 0) is 4.74 Å². The van der Waals surface area contributed by atoms with E-state index in [1.54, 1.807) is 4.52 Å². The molecule has 0 bridgehead atoms. The molecule has 4 rings (SSSR count). The first-order valence-corrected chi connectivity index (χ1v) is 8.33. The lowest BCUT2D eigenvalue weighted by molar-refractivity contribution is -0.0378. The molecule has 0 aliphatic carbocycles. The maximum absolute atomic E-state index is 6.12. The van der Waals surface area contributed by atoms with Gasteiger partial charge in [-0.1, -0.05) is 30.3 Å². The van der Waals surface area contributed by atoms with Crippen LogP contribution in [0.15, 0.2) is 36.7 Å². The normalized spacial score (nSPS) is 24.3. The summed E-state index contributed by atoms with van der Waals surface area (Å²) in [5, 5.41) is 4.23. The lowest BCUT2D eigenvalue weighted by Gasteiger charge is -2.33. The van der Waals surface area contributed by atoms with Crippen LogP contribution < -0.4 is 5.73 Å². The second kappa shape index (κ2) is 5.87. The second-order valence-corrected chi connectivity index (χ2v) is 6.52. The summed E-state index contributed by atoms with van der Waals surface area (Å²) in [5.41, 5.74) is 9.99. The Kier molecular flexibility index (Phi) is 3.69. The van der Waals surface area contributed by atoms with Gasteiger partial charge < -0.3 is 10.5 Å². The van der Waals surface area contributed by atoms with E-state index in [2.05, 4.69) is 41.0 Å². The van der Waals surface area contributed by atoms with Crippen molar-refractivity contribution in [3.8, 4) is 11.3 Å². The molecule has 1 aliphatic heterocycles. The highest BCUT2D eigenvalue weighted by Gasteiger charge is 2.31. The van der Waals surface area contributed by atoms with Crippen LogP contribution in [0.4, 0.5) is 5.95 Å². The molecular weight excluding hydrogens is 302 g/mol. The summed E-state index contributed by atoms with van der Waals surface area (Å²) >= 11 is 0. The first kappa shape index (κ1) is 15.1. The fourth-order valence-electron chi connectivity index (χ4n) is 3.75. The largest absolute Gasteiger partial charge is 0.376 e. The third kappa shape index (κ3) is 2.53. The molecule has 24 heavy (non-hydrogen) atoms. The molecule has 2 aromatic heterocycles. The van der Waals surface area contributed by atoms with Crippen LogP contribution in [0.5, 0.6) is 0 Å². The summed E-state index contributed by atoms with van der Waals surface area (Å²) in [4.78, 5) is 9.15. The van der Waals surface area contributed by atoms with Gasteiger partial charge in [-0.2, -0.15) is 9.61 Å². The number of rotatable bonds is 2. The van der Waals surface area contributed by atoms with Crippen LogP contribution in [-0.4, -0.2) is 31.8 Å². The highest BCUT2D eigenvalue weighted by molar-refractivity contribution is 5.72. The van der Waals surface area contributed by atoms with Gasteiger partial charge in [0.25, 0.3) is 0 Å². The molecule has 2 atom stereocenters. The molecule has 1 aliphatic rings. The number of nitrogens with zero attached hydrogens (tertiary/aromatic N) is 4. The Hall–Kier alpha value is -2.47. The molecule has 0 spiro atoms. The molecule has 0 saturated carbocycles. The molecule has 1 fully saturated rings. The summed E-state index contributed by atoms with van der Waals surface area (Å²) in [6.07, 6.45) is 3.85. The van der Waals surface area contributed by atoms with E-state index in [1.165, 1.54) is 6.33 Å². The maximum atomic E-state index is 6.12. The first-order valence-electron chi connectivity index (χ1n) is 8.33. The topological polar surface area (TPSA) is 78.3 Å². The summed E-state index contributed by atoms with van der Waals surface area (Å²) in [7, 11) is 0. The predicted molar refractivity (Wildman–Crippen MR) is 92.6 cm³/mol. The average molecular weight is 323 g/mol. The summed E-state index contributed by atoms with van der Waals surface area (Å²) in [6, 6.07) is 10.1. The van der Waals surface area contributed by atoms with Crippen LogP contribution >= 0.6 is 0 Å². The molecule has 0 amide bonds. The zero-order chi connectivity index (χ0) is 16.7. The zero-order valence-electron chi connectivity index (χ0n) is 13.9. The van der Waals surface area contributed by atoms with Crippen molar-refractivity contribution in [2.24, 2.45) is 0 Å². The Morgan fingerprint density at radius 2 is 1.83 bits per heavy atom. The van der Waals surface area contributed by atoms with E-state index < -0.39 is 0 Å². The number of nitrogen functional groups attached to an aromatic ring is 1. The van der Waals surface area contributed by atoms with Crippen LogP contribution in [0, 0.1) is 0 Å². The molecule has 3 aromatic rings. The Bertz CT molecular complexity index is 850. The van der Waals surface area contributed by atoms with Gasteiger partial charge in [-0.25, -0.2) is 9.97 Å². The average Bonchev–Trinajstić information content (AvgIpc) is 3.04. The van der Waals surface area contributed by atoms with Gasteiger partial charge in [0.05, 0.1) is 17.9 Å². The number of aromatic nitrogens is 4. The quantitative estimate of drug-likeness (QED) is 0.784. The summed E-state index contributed by atoms with van der Waals surface area (Å²) < 4.78 is 7.54. The molecular formula is C18H21N5O. The first-order chi connectivity index (χ1) is 11.6. The lowest BCUT2D eigenvalue weighted by Crippen LogP contribution is -2.29. The number of fused-ring (bicyclic) bond motifs is 1. The zero-order valence-corrected chi connectivity index (χ0v) is 13.9. The number of anilines is 1. The molecule has 3 heterocycles. The lowest BCUT2D eigenvalue weighted by atomic mass is 9.84. The monoisotopic (exact) mass is 323 g/mol. The van der Waals surface area contributed by atoms with E-state index in [4.69, 9.17) is 10.5 Å². The SMILES string of the molecule is CC1CC(c2c(-c3ccccc3)nc(N)n3ncnc23)CC(C)O1. The van der Waals surface area contributed by atoms with Crippen LogP contribution in [0.2, 0.25) is 0 Å². The minimum absolute atomic E-state index is 0.211. The molecule has 1 saturated heterocycles. The maximum Gasteiger partial charge on any atom is 0.223 e. The van der Waals surface area contributed by atoms with Crippen molar-refractivity contribution in [3.05, 3.63) is 42.2 Å². The van der Waals surface area contributed by atoms with Gasteiger partial charge in [0, 0.05) is 11.1 Å². The van der Waals surface area contributed by atoms with E-state index in [0.717, 1.165) is 35.3 Å². The van der Waals surface area contributed by atoms with Crippen LogP contribution in [0.25, 0.3) is 16.9 Å². The predicted octanol–water partition coefficient (Wildman–Crippen LogP) is 3.04. The Morgan fingerprint density at radius 1 is 1.12 bits per heavy atom. The minimum Gasteiger partial charge on any atom is -0.376 e. The van der Waals surface area contributed by atoms with Gasteiger partial charge in [-0.05, 0) is 32.6 Å². The van der Waals surface area contributed by atoms with E-state index in [0.29, 0.717) is 11.9 Å². The van der Waals surface area contributed by atoms with Gasteiger partial charge in [0.15, 0.2) is 5.65 Å². The van der Waals surface area contributed by atoms with E-state index in [1.807, 2.05) is 18.2 Å². The van der Waals surface area contributed by atoms with Crippen LogP contribution in [0.3, 0.4) is 0 Å². The smallest absolute Gasteiger partial charge is 0.223 e. The van der Waals surface area contributed by atoms with E-state index in [9.17, 15) is 0 Å². The summed E-state index contributed by atoms with van der Waals surface area (Å²) in [6.45, 7) is 4.24. The molecule has 2 N–H and O–H groups in total. The van der Waals surface area contributed by atoms with Gasteiger partial charge >= 0.3 is 0 Å². The molecule has 6 heteroatoms. The van der Waals surface area contributed by atoms with Crippen molar-refractivity contribution in [1.29, 1.82) is 0 Å². The van der Waals surface area contributed by atoms with Crippen molar-refractivity contribution in [2.45, 2.75) is 44.8 Å². The molecule has 1 aromatic carbocycles. The van der Waals surface area contributed by atoms with Gasteiger partial charge in [-0.15, -0.1) is 0 Å². The van der Waals surface area contributed by atoms with Crippen LogP contribution in [0.1, 0.15) is 38.2 Å². The third-order valence-electron chi connectivity index (χ3n) is 4.64. The van der Waals surface area contributed by atoms with E-state index in [-0.39, 0.29) is 12.2 Å². The number of benzene rings is 1. The Labute approximate surface area is 140 Å². The van der Waals surface area contributed by atoms with Crippen molar-refractivity contribution in [2.75, 3.05) is 5.73 Å². The Morgan fingerprint density at radius 3 is 2.54 bits per heavy atom. The number of nitrogens with two attached hydrogens (primary N) is 1. The summed E-state index contributed by atoms with van der Waals surface area (Å²) in [5.74, 6) is 0.678. The van der Waals surface area contributed by atoms with Gasteiger partial charge in [-0.3, -0.25) is 0 Å². The third-order valence-corrected chi connectivity index (χ3v) is 4.64. The molecule has 6 nitrogen and oxygen atoms in total.